The number of rotatable bonds is 5. The number of fused-ring (bicyclic) bond motifs is 1. The Balaban J connectivity index is 1.57. The predicted molar refractivity (Wildman–Crippen MR) is 117 cm³/mol. The minimum absolute atomic E-state index is 0.0698. The molecule has 1 aliphatic heterocycles. The molecule has 0 aliphatic carbocycles. The average molecular weight is 464 g/mol. The van der Waals surface area contributed by atoms with E-state index in [1.165, 1.54) is 7.11 Å². The maximum Gasteiger partial charge on any atom is 0.265 e. The molecule has 0 spiro atoms. The van der Waals surface area contributed by atoms with Crippen molar-refractivity contribution in [2.75, 3.05) is 23.1 Å². The van der Waals surface area contributed by atoms with Gasteiger partial charge in [-0.2, -0.15) is 4.98 Å². The third kappa shape index (κ3) is 4.42. The highest BCUT2D eigenvalue weighted by Crippen LogP contribution is 2.37. The van der Waals surface area contributed by atoms with E-state index in [0.29, 0.717) is 38.6 Å². The molecule has 2 heterocycles. The molecule has 0 radical (unpaired) electrons. The number of carbonyl (C=O) groups is 1. The maximum atomic E-state index is 14.3. The summed E-state index contributed by atoms with van der Waals surface area (Å²) in [4.78, 5) is 19.9. The zero-order chi connectivity index (χ0) is 22.1. The predicted octanol–water partition coefficient (Wildman–Crippen LogP) is 5.14. The van der Waals surface area contributed by atoms with Crippen molar-refractivity contribution in [2.24, 2.45) is 0 Å². The summed E-state index contributed by atoms with van der Waals surface area (Å²) in [6, 6.07) is 8.14. The van der Waals surface area contributed by atoms with Crippen LogP contribution in [0.25, 0.3) is 0 Å². The molecule has 2 aromatic carbocycles. The second kappa shape index (κ2) is 8.44. The van der Waals surface area contributed by atoms with Gasteiger partial charge in [-0.15, -0.1) is 0 Å². The SMILES string of the molecule is COc1c(Cl)cc(Nc2ncc(F)c(Nc3ccc4c(c3)NC(=O)C(C)O4)n2)cc1Cl. The third-order valence-corrected chi connectivity index (χ3v) is 4.94. The summed E-state index contributed by atoms with van der Waals surface area (Å²) in [6.07, 6.45) is 0.439. The van der Waals surface area contributed by atoms with E-state index in [4.69, 9.17) is 32.7 Å². The molecule has 1 aliphatic rings. The van der Waals surface area contributed by atoms with Crippen LogP contribution in [0.3, 0.4) is 0 Å². The Labute approximate surface area is 186 Å². The molecule has 1 atom stereocenters. The number of methoxy groups -OCH3 is 1. The van der Waals surface area contributed by atoms with Gasteiger partial charge in [0.1, 0.15) is 5.75 Å². The van der Waals surface area contributed by atoms with E-state index in [2.05, 4.69) is 25.9 Å². The fraction of sp³-hybridized carbons (Fsp3) is 0.150. The summed E-state index contributed by atoms with van der Waals surface area (Å²) < 4.78 is 24.9. The number of amides is 1. The number of nitrogens with zero attached hydrogens (tertiary/aromatic N) is 2. The van der Waals surface area contributed by atoms with Gasteiger partial charge in [-0.3, -0.25) is 4.79 Å². The Kier molecular flexibility index (Phi) is 5.71. The molecule has 1 unspecified atom stereocenters. The smallest absolute Gasteiger partial charge is 0.265 e. The van der Waals surface area contributed by atoms with Gasteiger partial charge < -0.3 is 25.4 Å². The Hall–Kier alpha value is -3.30. The van der Waals surface area contributed by atoms with E-state index in [1.54, 1.807) is 37.3 Å². The highest BCUT2D eigenvalue weighted by atomic mass is 35.5. The lowest BCUT2D eigenvalue weighted by Crippen LogP contribution is -2.34. The Morgan fingerprint density at radius 2 is 1.90 bits per heavy atom. The van der Waals surface area contributed by atoms with Crippen LogP contribution in [0, 0.1) is 5.82 Å². The van der Waals surface area contributed by atoms with Crippen LogP contribution in [0.15, 0.2) is 36.5 Å². The summed E-state index contributed by atoms with van der Waals surface area (Å²) in [5, 5.41) is 9.12. The fourth-order valence-electron chi connectivity index (χ4n) is 2.89. The average Bonchev–Trinajstić information content (AvgIpc) is 2.71. The molecule has 0 saturated heterocycles. The van der Waals surface area contributed by atoms with Crippen molar-refractivity contribution in [2.45, 2.75) is 13.0 Å². The summed E-state index contributed by atoms with van der Waals surface area (Å²) in [5.41, 5.74) is 1.47. The highest BCUT2D eigenvalue weighted by molar-refractivity contribution is 6.37. The maximum absolute atomic E-state index is 14.3. The molecule has 3 N–H and O–H groups in total. The lowest BCUT2D eigenvalue weighted by molar-refractivity contribution is -0.122. The number of benzene rings is 2. The van der Waals surface area contributed by atoms with Gasteiger partial charge >= 0.3 is 0 Å². The van der Waals surface area contributed by atoms with Crippen LogP contribution < -0.4 is 25.4 Å². The molecule has 160 valence electrons. The fourth-order valence-corrected chi connectivity index (χ4v) is 3.54. The van der Waals surface area contributed by atoms with Crippen LogP contribution in [0.5, 0.6) is 11.5 Å². The molecule has 1 amide bonds. The van der Waals surface area contributed by atoms with Crippen LogP contribution in [-0.2, 0) is 4.79 Å². The third-order valence-electron chi connectivity index (χ3n) is 4.38. The number of anilines is 5. The molecule has 0 fully saturated rings. The van der Waals surface area contributed by atoms with E-state index in [-0.39, 0.29) is 17.7 Å². The molecular weight excluding hydrogens is 448 g/mol. The monoisotopic (exact) mass is 463 g/mol. The van der Waals surface area contributed by atoms with Gasteiger partial charge in [0.2, 0.25) is 5.95 Å². The molecule has 11 heteroatoms. The number of ether oxygens (including phenoxy) is 2. The quantitative estimate of drug-likeness (QED) is 0.481. The zero-order valence-corrected chi connectivity index (χ0v) is 17.8. The second-order valence-electron chi connectivity index (χ2n) is 6.57. The first-order valence-electron chi connectivity index (χ1n) is 9.05. The number of hydrogen-bond acceptors (Lipinski definition) is 7. The first kappa shape index (κ1) is 21.0. The van der Waals surface area contributed by atoms with Crippen molar-refractivity contribution < 1.29 is 18.7 Å². The minimum Gasteiger partial charge on any atom is -0.494 e. The Morgan fingerprint density at radius 3 is 2.61 bits per heavy atom. The van der Waals surface area contributed by atoms with Crippen molar-refractivity contribution >= 4 is 57.9 Å². The lowest BCUT2D eigenvalue weighted by atomic mass is 10.2. The summed E-state index contributed by atoms with van der Waals surface area (Å²) in [6.45, 7) is 1.65. The Morgan fingerprint density at radius 1 is 1.16 bits per heavy atom. The van der Waals surface area contributed by atoms with Crippen molar-refractivity contribution in [3.05, 3.63) is 52.4 Å². The number of aromatic nitrogens is 2. The number of nitrogens with one attached hydrogen (secondary N) is 3. The van der Waals surface area contributed by atoms with Crippen LogP contribution in [0.4, 0.5) is 33.2 Å². The van der Waals surface area contributed by atoms with E-state index >= 15 is 0 Å². The molecule has 3 aromatic rings. The molecule has 1 aromatic heterocycles. The number of halogens is 3. The second-order valence-corrected chi connectivity index (χ2v) is 7.39. The van der Waals surface area contributed by atoms with Gasteiger partial charge in [0.05, 0.1) is 29.0 Å². The van der Waals surface area contributed by atoms with Gasteiger partial charge in [0, 0.05) is 11.4 Å². The molecule has 0 bridgehead atoms. The van der Waals surface area contributed by atoms with E-state index < -0.39 is 11.9 Å². The number of hydrogen-bond donors (Lipinski definition) is 3. The largest absolute Gasteiger partial charge is 0.494 e. The number of carbonyl (C=O) groups excluding carboxylic acids is 1. The van der Waals surface area contributed by atoms with E-state index in [9.17, 15) is 9.18 Å². The molecule has 8 nitrogen and oxygen atoms in total. The van der Waals surface area contributed by atoms with Crippen LogP contribution >= 0.6 is 23.2 Å². The molecule has 4 rings (SSSR count). The van der Waals surface area contributed by atoms with E-state index in [0.717, 1.165) is 6.20 Å². The van der Waals surface area contributed by atoms with Crippen molar-refractivity contribution in [3.63, 3.8) is 0 Å². The first-order chi connectivity index (χ1) is 14.8. The summed E-state index contributed by atoms with van der Waals surface area (Å²) >= 11 is 12.3. The van der Waals surface area contributed by atoms with Gasteiger partial charge in [-0.25, -0.2) is 9.37 Å². The van der Waals surface area contributed by atoms with Crippen molar-refractivity contribution in [1.29, 1.82) is 0 Å². The zero-order valence-electron chi connectivity index (χ0n) is 16.3. The molecule has 31 heavy (non-hydrogen) atoms. The normalized spacial score (nSPS) is 14.9. The summed E-state index contributed by atoms with van der Waals surface area (Å²) in [5.74, 6) is -0.0149. The van der Waals surface area contributed by atoms with Gasteiger partial charge in [-0.1, -0.05) is 23.2 Å². The molecular formula is C20H16Cl2FN5O3. The lowest BCUT2D eigenvalue weighted by Gasteiger charge is -2.23. The van der Waals surface area contributed by atoms with Crippen molar-refractivity contribution in [3.8, 4) is 11.5 Å². The van der Waals surface area contributed by atoms with Gasteiger partial charge in [0.15, 0.2) is 23.5 Å². The standard InChI is InChI=1S/C20H16Cl2FN5O3/c1-9-19(29)27-15-7-10(3-4-16(15)31-9)25-18-14(23)8-24-20(28-18)26-11-5-12(21)17(30-2)13(22)6-11/h3-9H,1-2H3,(H,27,29)(H2,24,25,26,28). The first-order valence-corrected chi connectivity index (χ1v) is 9.81. The summed E-state index contributed by atoms with van der Waals surface area (Å²) in [7, 11) is 1.46. The Bertz CT molecular complexity index is 1150. The van der Waals surface area contributed by atoms with Crippen molar-refractivity contribution in [1.82, 2.24) is 9.97 Å². The minimum atomic E-state index is -0.664. The van der Waals surface area contributed by atoms with Gasteiger partial charge in [0.25, 0.3) is 5.91 Å². The van der Waals surface area contributed by atoms with Crippen LogP contribution in [0.1, 0.15) is 6.92 Å². The van der Waals surface area contributed by atoms with Crippen LogP contribution in [0.2, 0.25) is 10.0 Å². The molecule has 0 saturated carbocycles. The topological polar surface area (TPSA) is 97.4 Å². The highest BCUT2D eigenvalue weighted by Gasteiger charge is 2.23. The van der Waals surface area contributed by atoms with Crippen LogP contribution in [-0.4, -0.2) is 29.1 Å². The van der Waals surface area contributed by atoms with E-state index in [1.807, 2.05) is 0 Å². The van der Waals surface area contributed by atoms with Gasteiger partial charge in [-0.05, 0) is 37.3 Å².